The third kappa shape index (κ3) is 10.3. The summed E-state index contributed by atoms with van der Waals surface area (Å²) in [6.07, 6.45) is 0. The number of carboxylic acids is 2. The predicted octanol–water partition coefficient (Wildman–Crippen LogP) is -0.143. The number of hydrogen-bond donors (Lipinski definition) is 3. The molecule has 0 aromatic carbocycles. The minimum atomic E-state index is -0.857. The molecule has 1 heterocycles. The van der Waals surface area contributed by atoms with Crippen LogP contribution in [0, 0.1) is 0 Å². The fourth-order valence-corrected chi connectivity index (χ4v) is 3.18. The first-order valence-corrected chi connectivity index (χ1v) is 9.38. The molecule has 0 unspecified atom stereocenters. The topological polar surface area (TPSA) is 108 Å². The molecule has 0 radical (unpaired) electrons. The van der Waals surface area contributed by atoms with Gasteiger partial charge in [0.2, 0.25) is 0 Å². The average Bonchev–Trinajstić information content (AvgIpc) is 2.53. The monoisotopic (exact) mass is 386 g/mol. The fraction of sp³-hybridized carbons (Fsp3) is 0.778. The number of aliphatic hydroxyl groups is 1. The first kappa shape index (κ1) is 23.4. The quantitative estimate of drug-likeness (QED) is 0.515. The van der Waals surface area contributed by atoms with Crippen molar-refractivity contribution in [1.82, 2.24) is 19.6 Å². The van der Waals surface area contributed by atoms with E-state index in [1.807, 2.05) is 14.7 Å². The van der Waals surface area contributed by atoms with Crippen LogP contribution in [0.15, 0.2) is 12.3 Å². The summed E-state index contributed by atoms with van der Waals surface area (Å²) in [6.45, 7) is 12.9. The summed E-state index contributed by atoms with van der Waals surface area (Å²) >= 11 is 0. The van der Waals surface area contributed by atoms with E-state index in [2.05, 4.69) is 25.3 Å². The van der Waals surface area contributed by atoms with Crippen LogP contribution in [-0.2, 0) is 9.59 Å². The van der Waals surface area contributed by atoms with E-state index in [4.69, 9.17) is 0 Å². The summed E-state index contributed by atoms with van der Waals surface area (Å²) in [4.78, 5) is 30.4. The maximum atomic E-state index is 11.2. The van der Waals surface area contributed by atoms with Crippen LogP contribution in [0.3, 0.4) is 0 Å². The Balaban J connectivity index is 2.88. The van der Waals surface area contributed by atoms with Crippen LogP contribution in [0.1, 0.15) is 13.8 Å². The summed E-state index contributed by atoms with van der Waals surface area (Å²) in [7, 11) is 0. The second-order valence-electron chi connectivity index (χ2n) is 7.31. The lowest BCUT2D eigenvalue weighted by Gasteiger charge is -2.34. The highest BCUT2D eigenvalue weighted by atomic mass is 16.4. The van der Waals surface area contributed by atoms with Crippen molar-refractivity contribution < 1.29 is 24.9 Å². The molecule has 1 saturated heterocycles. The number of aliphatic hydroxyl groups excluding tert-OH is 1. The Morgan fingerprint density at radius 2 is 1.07 bits per heavy atom. The lowest BCUT2D eigenvalue weighted by Crippen LogP contribution is -2.49. The first-order valence-electron chi connectivity index (χ1n) is 9.38. The number of nitrogens with zero attached hydrogens (tertiary/aromatic N) is 4. The van der Waals surface area contributed by atoms with E-state index in [0.717, 1.165) is 13.1 Å². The van der Waals surface area contributed by atoms with Gasteiger partial charge >= 0.3 is 11.9 Å². The van der Waals surface area contributed by atoms with Crippen LogP contribution in [-0.4, -0.2) is 125 Å². The van der Waals surface area contributed by atoms with Crippen molar-refractivity contribution >= 4 is 11.9 Å². The molecule has 0 bridgehead atoms. The molecular formula is C18H34N4O5. The van der Waals surface area contributed by atoms with Crippen LogP contribution >= 0.6 is 0 Å². The summed E-state index contributed by atoms with van der Waals surface area (Å²) in [5.41, 5.74) is 0. The van der Waals surface area contributed by atoms with Crippen LogP contribution in [0.2, 0.25) is 0 Å². The van der Waals surface area contributed by atoms with Crippen molar-refractivity contribution in [2.24, 2.45) is 0 Å². The molecular weight excluding hydrogens is 352 g/mol. The molecule has 0 aromatic rings. The van der Waals surface area contributed by atoms with Gasteiger partial charge in [-0.25, -0.2) is 0 Å². The number of rotatable bonds is 7. The van der Waals surface area contributed by atoms with Crippen molar-refractivity contribution in [2.45, 2.75) is 19.9 Å². The first-order chi connectivity index (χ1) is 12.7. The van der Waals surface area contributed by atoms with E-state index in [9.17, 15) is 24.9 Å². The fourth-order valence-electron chi connectivity index (χ4n) is 3.18. The Morgan fingerprint density at radius 1 is 0.741 bits per heavy atom. The summed E-state index contributed by atoms with van der Waals surface area (Å²) < 4.78 is 0. The second kappa shape index (κ2) is 11.9. The summed E-state index contributed by atoms with van der Waals surface area (Å²) in [6, 6.07) is 0.292. The average molecular weight is 386 g/mol. The molecule has 0 amide bonds. The normalized spacial score (nSPS) is 20.1. The Labute approximate surface area is 161 Å². The number of aliphatic carboxylic acids is 2. The summed E-state index contributed by atoms with van der Waals surface area (Å²) in [5, 5.41) is 27.9. The zero-order valence-corrected chi connectivity index (χ0v) is 16.5. The lowest BCUT2D eigenvalue weighted by molar-refractivity contribution is -0.139. The molecule has 0 atom stereocenters. The molecule has 1 aliphatic heterocycles. The Kier molecular flexibility index (Phi) is 10.3. The van der Waals surface area contributed by atoms with Crippen LogP contribution in [0.25, 0.3) is 0 Å². The second-order valence-corrected chi connectivity index (χ2v) is 7.31. The smallest absolute Gasteiger partial charge is 0.317 e. The van der Waals surface area contributed by atoms with E-state index in [-0.39, 0.29) is 18.8 Å². The van der Waals surface area contributed by atoms with Crippen molar-refractivity contribution in [3.63, 3.8) is 0 Å². The van der Waals surface area contributed by atoms with Crippen LogP contribution in [0.4, 0.5) is 0 Å². The highest BCUT2D eigenvalue weighted by Crippen LogP contribution is 2.04. The minimum absolute atomic E-state index is 0.0228. The number of carbonyl (C=O) groups is 2. The van der Waals surface area contributed by atoms with E-state index in [0.29, 0.717) is 51.9 Å². The molecule has 3 N–H and O–H groups in total. The standard InChI is InChI=1S/C18H34N4O5/c1-15(2)22-10-8-20(13-17(24)25)6-4-19(12-16(3)23)5-7-21(9-11-22)14-18(26)27/h15,23H,3-14H2,1-2H3,(H,24,25)(H,26,27). The lowest BCUT2D eigenvalue weighted by atomic mass is 10.2. The predicted molar refractivity (Wildman–Crippen MR) is 103 cm³/mol. The summed E-state index contributed by atoms with van der Waals surface area (Å²) in [5.74, 6) is -1.67. The zero-order chi connectivity index (χ0) is 20.4. The van der Waals surface area contributed by atoms with Gasteiger partial charge in [-0.15, -0.1) is 0 Å². The Bertz CT molecular complexity index is 468. The van der Waals surface area contributed by atoms with E-state index in [1.54, 1.807) is 0 Å². The van der Waals surface area contributed by atoms with Gasteiger partial charge in [0.1, 0.15) is 0 Å². The van der Waals surface area contributed by atoms with Crippen molar-refractivity contribution in [2.75, 3.05) is 72.0 Å². The largest absolute Gasteiger partial charge is 0.512 e. The molecule has 0 aromatic heterocycles. The minimum Gasteiger partial charge on any atom is -0.512 e. The van der Waals surface area contributed by atoms with Gasteiger partial charge in [-0.2, -0.15) is 0 Å². The van der Waals surface area contributed by atoms with Gasteiger partial charge in [0, 0.05) is 58.4 Å². The number of carboxylic acid groups (broad SMARTS) is 2. The maximum absolute atomic E-state index is 11.2. The van der Waals surface area contributed by atoms with Gasteiger partial charge in [0.05, 0.1) is 25.4 Å². The number of hydrogen-bond acceptors (Lipinski definition) is 7. The Hall–Kier alpha value is -1.68. The molecule has 9 nitrogen and oxygen atoms in total. The van der Waals surface area contributed by atoms with E-state index < -0.39 is 11.9 Å². The SMILES string of the molecule is C=C(O)CN1CCN(CC(=O)O)CCN(C(C)C)CCN(CC(=O)O)CC1. The van der Waals surface area contributed by atoms with Crippen LogP contribution < -0.4 is 0 Å². The van der Waals surface area contributed by atoms with Gasteiger partial charge in [0.15, 0.2) is 0 Å². The van der Waals surface area contributed by atoms with E-state index in [1.165, 1.54) is 0 Å². The maximum Gasteiger partial charge on any atom is 0.317 e. The van der Waals surface area contributed by atoms with Crippen molar-refractivity contribution in [3.8, 4) is 0 Å². The van der Waals surface area contributed by atoms with Crippen molar-refractivity contribution in [3.05, 3.63) is 12.3 Å². The molecule has 156 valence electrons. The van der Waals surface area contributed by atoms with Crippen LogP contribution in [0.5, 0.6) is 0 Å². The molecule has 1 rings (SSSR count). The van der Waals surface area contributed by atoms with E-state index >= 15 is 0 Å². The highest BCUT2D eigenvalue weighted by molar-refractivity contribution is 5.69. The molecule has 0 saturated carbocycles. The molecule has 1 aliphatic rings. The van der Waals surface area contributed by atoms with Gasteiger partial charge in [-0.1, -0.05) is 6.58 Å². The Morgan fingerprint density at radius 3 is 1.37 bits per heavy atom. The van der Waals surface area contributed by atoms with Gasteiger partial charge in [-0.3, -0.25) is 29.2 Å². The van der Waals surface area contributed by atoms with Gasteiger partial charge in [0.25, 0.3) is 0 Å². The highest BCUT2D eigenvalue weighted by Gasteiger charge is 2.20. The molecule has 1 fully saturated rings. The third-order valence-electron chi connectivity index (χ3n) is 4.73. The zero-order valence-electron chi connectivity index (χ0n) is 16.5. The molecule has 27 heavy (non-hydrogen) atoms. The van der Waals surface area contributed by atoms with Gasteiger partial charge in [-0.05, 0) is 13.8 Å². The third-order valence-corrected chi connectivity index (χ3v) is 4.73. The molecule has 0 spiro atoms. The van der Waals surface area contributed by atoms with Crippen molar-refractivity contribution in [1.29, 1.82) is 0 Å². The molecule has 0 aliphatic carbocycles. The van der Waals surface area contributed by atoms with Gasteiger partial charge < -0.3 is 15.3 Å². The molecule has 9 heteroatoms.